The van der Waals surface area contributed by atoms with Crippen molar-refractivity contribution in [3.05, 3.63) is 64.4 Å². The molecule has 1 amide bonds. The molecule has 1 saturated heterocycles. The third-order valence-electron chi connectivity index (χ3n) is 5.19. The van der Waals surface area contributed by atoms with Crippen LogP contribution < -0.4 is 10.1 Å². The third kappa shape index (κ3) is 5.46. The third-order valence-corrected chi connectivity index (χ3v) is 5.55. The molecule has 2 aromatic rings. The van der Waals surface area contributed by atoms with E-state index >= 15 is 0 Å². The maximum absolute atomic E-state index is 14.0. The van der Waals surface area contributed by atoms with E-state index in [1.165, 1.54) is 6.07 Å². The van der Waals surface area contributed by atoms with Crippen LogP contribution in [0.3, 0.4) is 0 Å². The zero-order valence-corrected chi connectivity index (χ0v) is 16.8. The van der Waals surface area contributed by atoms with Crippen LogP contribution in [0.25, 0.3) is 0 Å². The van der Waals surface area contributed by atoms with Crippen LogP contribution in [0.5, 0.6) is 5.75 Å². The molecular formula is C22H26ClFN2O2. The molecule has 2 aromatic carbocycles. The monoisotopic (exact) mass is 404 g/mol. The lowest BCUT2D eigenvalue weighted by molar-refractivity contribution is -0.126. The summed E-state index contributed by atoms with van der Waals surface area (Å²) in [5.41, 5.74) is 1.66. The van der Waals surface area contributed by atoms with Crippen LogP contribution in [0.2, 0.25) is 5.02 Å². The molecule has 0 aliphatic carbocycles. The lowest BCUT2D eigenvalue weighted by Crippen LogP contribution is -2.43. The van der Waals surface area contributed by atoms with Crippen LogP contribution in [-0.2, 0) is 17.8 Å². The number of ether oxygens (including phenoxy) is 1. The van der Waals surface area contributed by atoms with Crippen molar-refractivity contribution >= 4 is 17.5 Å². The minimum Gasteiger partial charge on any atom is -0.497 e. The van der Waals surface area contributed by atoms with Crippen LogP contribution in [0.4, 0.5) is 4.39 Å². The molecule has 1 aliphatic rings. The van der Waals surface area contributed by atoms with Gasteiger partial charge in [0, 0.05) is 30.2 Å². The Morgan fingerprint density at radius 2 is 2.07 bits per heavy atom. The number of halogens is 2. The summed E-state index contributed by atoms with van der Waals surface area (Å²) in [6.07, 6.45) is 2.55. The van der Waals surface area contributed by atoms with Gasteiger partial charge in [0.1, 0.15) is 11.6 Å². The van der Waals surface area contributed by atoms with Crippen LogP contribution >= 0.6 is 11.6 Å². The van der Waals surface area contributed by atoms with Crippen molar-refractivity contribution in [2.75, 3.05) is 26.7 Å². The first-order valence-corrected chi connectivity index (χ1v) is 10.0. The lowest BCUT2D eigenvalue weighted by Gasteiger charge is -2.32. The zero-order valence-electron chi connectivity index (χ0n) is 16.1. The summed E-state index contributed by atoms with van der Waals surface area (Å²) in [6.45, 7) is 2.50. The Hall–Kier alpha value is -2.11. The van der Waals surface area contributed by atoms with Gasteiger partial charge in [0.2, 0.25) is 5.91 Å². The molecule has 1 fully saturated rings. The van der Waals surface area contributed by atoms with Crippen molar-refractivity contribution in [2.45, 2.75) is 25.8 Å². The van der Waals surface area contributed by atoms with Gasteiger partial charge < -0.3 is 10.1 Å². The van der Waals surface area contributed by atoms with Gasteiger partial charge in [-0.15, -0.1) is 0 Å². The van der Waals surface area contributed by atoms with Crippen LogP contribution in [0.15, 0.2) is 42.5 Å². The number of rotatable bonds is 7. The number of carbonyl (C=O) groups is 1. The molecule has 0 aromatic heterocycles. The van der Waals surface area contributed by atoms with E-state index in [-0.39, 0.29) is 17.6 Å². The van der Waals surface area contributed by atoms with E-state index in [9.17, 15) is 9.18 Å². The average Bonchev–Trinajstić information content (AvgIpc) is 2.71. The molecule has 3 rings (SSSR count). The summed E-state index contributed by atoms with van der Waals surface area (Å²) in [7, 11) is 1.64. The number of hydrogen-bond acceptors (Lipinski definition) is 3. The Kier molecular flexibility index (Phi) is 7.29. The van der Waals surface area contributed by atoms with E-state index in [4.69, 9.17) is 16.3 Å². The molecule has 0 spiro atoms. The summed E-state index contributed by atoms with van der Waals surface area (Å²) in [5.74, 6) is 0.525. The highest BCUT2D eigenvalue weighted by atomic mass is 35.5. The molecule has 1 atom stereocenters. The fourth-order valence-electron chi connectivity index (χ4n) is 3.59. The Balaban J connectivity index is 1.48. The molecule has 0 saturated carbocycles. The Bertz CT molecular complexity index is 777. The second kappa shape index (κ2) is 9.89. The van der Waals surface area contributed by atoms with Crippen molar-refractivity contribution in [1.82, 2.24) is 10.2 Å². The standard InChI is InChI=1S/C22H26ClFN2O2/c1-28-18-9-7-16(8-10-18)11-12-25-22(27)17-4-3-13-26(14-17)15-19-20(23)5-2-6-21(19)24/h2,5-10,17H,3-4,11-15H2,1H3,(H,25,27). The van der Waals surface area contributed by atoms with E-state index in [1.54, 1.807) is 19.2 Å². The zero-order chi connectivity index (χ0) is 19.9. The summed E-state index contributed by atoms with van der Waals surface area (Å²) in [5, 5.41) is 3.48. The number of methoxy groups -OCH3 is 1. The summed E-state index contributed by atoms with van der Waals surface area (Å²) >= 11 is 6.14. The summed E-state index contributed by atoms with van der Waals surface area (Å²) < 4.78 is 19.2. The summed E-state index contributed by atoms with van der Waals surface area (Å²) in [6, 6.07) is 12.6. The van der Waals surface area contributed by atoms with Gasteiger partial charge >= 0.3 is 0 Å². The normalized spacial score (nSPS) is 17.3. The predicted octanol–water partition coefficient (Wildman–Crippen LogP) is 4.06. The number of hydrogen-bond donors (Lipinski definition) is 1. The van der Waals surface area contributed by atoms with Gasteiger partial charge in [-0.1, -0.05) is 29.8 Å². The number of nitrogens with zero attached hydrogens (tertiary/aromatic N) is 1. The molecule has 150 valence electrons. The van der Waals surface area contributed by atoms with Gasteiger partial charge in [0.15, 0.2) is 0 Å². The van der Waals surface area contributed by atoms with E-state index < -0.39 is 0 Å². The van der Waals surface area contributed by atoms with E-state index in [2.05, 4.69) is 10.2 Å². The smallest absolute Gasteiger partial charge is 0.224 e. The van der Waals surface area contributed by atoms with Gasteiger partial charge in [0.25, 0.3) is 0 Å². The first-order valence-electron chi connectivity index (χ1n) is 9.62. The molecule has 28 heavy (non-hydrogen) atoms. The van der Waals surface area contributed by atoms with Crippen molar-refractivity contribution < 1.29 is 13.9 Å². The first-order chi connectivity index (χ1) is 13.6. The highest BCUT2D eigenvalue weighted by molar-refractivity contribution is 6.31. The quantitative estimate of drug-likeness (QED) is 0.756. The minimum absolute atomic E-state index is 0.0674. The number of benzene rings is 2. The molecular weight excluding hydrogens is 379 g/mol. The Labute approximate surface area is 170 Å². The van der Waals surface area contributed by atoms with E-state index in [0.29, 0.717) is 30.2 Å². The molecule has 1 N–H and O–H groups in total. The minimum atomic E-state index is -0.293. The van der Waals surface area contributed by atoms with Crippen LogP contribution in [0.1, 0.15) is 24.0 Å². The van der Waals surface area contributed by atoms with Gasteiger partial charge in [-0.05, 0) is 55.6 Å². The average molecular weight is 405 g/mol. The van der Waals surface area contributed by atoms with Gasteiger partial charge in [-0.3, -0.25) is 9.69 Å². The largest absolute Gasteiger partial charge is 0.497 e. The number of piperidine rings is 1. The van der Waals surface area contributed by atoms with Gasteiger partial charge in [-0.25, -0.2) is 4.39 Å². The lowest BCUT2D eigenvalue weighted by atomic mass is 9.96. The molecule has 1 heterocycles. The molecule has 0 bridgehead atoms. The van der Waals surface area contributed by atoms with Crippen molar-refractivity contribution in [2.24, 2.45) is 5.92 Å². The van der Waals surface area contributed by atoms with E-state index in [1.807, 2.05) is 24.3 Å². The topological polar surface area (TPSA) is 41.6 Å². The Morgan fingerprint density at radius 3 is 2.79 bits per heavy atom. The fraction of sp³-hybridized carbons (Fsp3) is 0.409. The predicted molar refractivity (Wildman–Crippen MR) is 109 cm³/mol. The molecule has 0 radical (unpaired) electrons. The highest BCUT2D eigenvalue weighted by Gasteiger charge is 2.26. The van der Waals surface area contributed by atoms with Crippen LogP contribution in [-0.4, -0.2) is 37.6 Å². The molecule has 6 heteroatoms. The number of carbonyl (C=O) groups excluding carboxylic acids is 1. The maximum atomic E-state index is 14.0. The van der Waals surface area contributed by atoms with Crippen molar-refractivity contribution in [1.29, 1.82) is 0 Å². The molecule has 1 unspecified atom stereocenters. The number of likely N-dealkylation sites (tertiary alicyclic amines) is 1. The number of nitrogens with one attached hydrogen (secondary N) is 1. The van der Waals surface area contributed by atoms with Crippen molar-refractivity contribution in [3.8, 4) is 5.75 Å². The SMILES string of the molecule is COc1ccc(CCNC(=O)C2CCCN(Cc3c(F)cccc3Cl)C2)cc1. The van der Waals surface area contributed by atoms with Gasteiger partial charge in [-0.2, -0.15) is 0 Å². The molecule has 4 nitrogen and oxygen atoms in total. The van der Waals surface area contributed by atoms with E-state index in [0.717, 1.165) is 37.1 Å². The highest BCUT2D eigenvalue weighted by Crippen LogP contribution is 2.24. The van der Waals surface area contributed by atoms with Gasteiger partial charge in [0.05, 0.1) is 13.0 Å². The second-order valence-electron chi connectivity index (χ2n) is 7.16. The molecule has 1 aliphatic heterocycles. The first kappa shape index (κ1) is 20.6. The number of amides is 1. The maximum Gasteiger partial charge on any atom is 0.224 e. The van der Waals surface area contributed by atoms with Crippen molar-refractivity contribution in [3.63, 3.8) is 0 Å². The Morgan fingerprint density at radius 1 is 1.29 bits per heavy atom. The second-order valence-corrected chi connectivity index (χ2v) is 7.57. The fourth-order valence-corrected chi connectivity index (χ4v) is 3.81. The van der Waals surface area contributed by atoms with Crippen LogP contribution in [0, 0.1) is 11.7 Å². The summed E-state index contributed by atoms with van der Waals surface area (Å²) in [4.78, 5) is 14.7.